The third kappa shape index (κ3) is 5.04. The SMILES string of the molecule is CCCNc1cc(NCC(C)(O)CC)ccn1. The molecule has 1 atom stereocenters. The predicted molar refractivity (Wildman–Crippen MR) is 72.4 cm³/mol. The molecule has 0 aliphatic carbocycles. The topological polar surface area (TPSA) is 57.2 Å². The number of nitrogens with one attached hydrogen (secondary N) is 2. The summed E-state index contributed by atoms with van der Waals surface area (Å²) in [7, 11) is 0. The Labute approximate surface area is 103 Å². The third-order valence-corrected chi connectivity index (χ3v) is 2.75. The highest BCUT2D eigenvalue weighted by Gasteiger charge is 2.16. The maximum atomic E-state index is 9.90. The van der Waals surface area contributed by atoms with Gasteiger partial charge in [0.2, 0.25) is 0 Å². The highest BCUT2D eigenvalue weighted by Crippen LogP contribution is 2.14. The molecule has 0 aliphatic heterocycles. The van der Waals surface area contributed by atoms with Crippen LogP contribution in [0.2, 0.25) is 0 Å². The normalized spacial score (nSPS) is 14.1. The van der Waals surface area contributed by atoms with Crippen LogP contribution in [0.4, 0.5) is 11.5 Å². The molecular weight excluding hydrogens is 214 g/mol. The van der Waals surface area contributed by atoms with Crippen molar-refractivity contribution in [2.24, 2.45) is 0 Å². The number of pyridine rings is 1. The van der Waals surface area contributed by atoms with Gasteiger partial charge >= 0.3 is 0 Å². The van der Waals surface area contributed by atoms with Crippen LogP contribution in [0.3, 0.4) is 0 Å². The van der Waals surface area contributed by atoms with Crippen molar-refractivity contribution >= 4 is 11.5 Å². The first-order chi connectivity index (χ1) is 8.07. The van der Waals surface area contributed by atoms with E-state index >= 15 is 0 Å². The van der Waals surface area contributed by atoms with Crippen molar-refractivity contribution in [2.45, 2.75) is 39.2 Å². The van der Waals surface area contributed by atoms with Crippen molar-refractivity contribution in [1.29, 1.82) is 0 Å². The van der Waals surface area contributed by atoms with Gasteiger partial charge in [-0.15, -0.1) is 0 Å². The summed E-state index contributed by atoms with van der Waals surface area (Å²) in [5.74, 6) is 0.869. The van der Waals surface area contributed by atoms with Crippen LogP contribution in [0, 0.1) is 0 Å². The van der Waals surface area contributed by atoms with E-state index in [1.54, 1.807) is 6.20 Å². The summed E-state index contributed by atoms with van der Waals surface area (Å²) in [4.78, 5) is 4.23. The van der Waals surface area contributed by atoms with E-state index in [2.05, 4.69) is 22.5 Å². The van der Waals surface area contributed by atoms with Gasteiger partial charge in [-0.05, 0) is 25.8 Å². The maximum absolute atomic E-state index is 9.90. The zero-order chi connectivity index (χ0) is 12.7. The highest BCUT2D eigenvalue weighted by atomic mass is 16.3. The summed E-state index contributed by atoms with van der Waals surface area (Å²) in [6.07, 6.45) is 3.57. The molecule has 1 aromatic heterocycles. The largest absolute Gasteiger partial charge is 0.388 e. The number of hydrogen-bond acceptors (Lipinski definition) is 4. The molecule has 4 heteroatoms. The van der Waals surface area contributed by atoms with E-state index in [-0.39, 0.29) is 0 Å². The summed E-state index contributed by atoms with van der Waals surface area (Å²) in [6, 6.07) is 3.87. The van der Waals surface area contributed by atoms with Crippen LogP contribution in [0.1, 0.15) is 33.6 Å². The van der Waals surface area contributed by atoms with E-state index in [1.165, 1.54) is 0 Å². The molecule has 1 aromatic rings. The van der Waals surface area contributed by atoms with Crippen LogP contribution in [0.5, 0.6) is 0 Å². The molecule has 0 saturated heterocycles. The van der Waals surface area contributed by atoms with Crippen molar-refractivity contribution in [3.8, 4) is 0 Å². The molecule has 0 amide bonds. The van der Waals surface area contributed by atoms with E-state index in [0.29, 0.717) is 6.54 Å². The summed E-state index contributed by atoms with van der Waals surface area (Å²) < 4.78 is 0. The van der Waals surface area contributed by atoms with Crippen LogP contribution in [-0.2, 0) is 0 Å². The van der Waals surface area contributed by atoms with Gasteiger partial charge in [-0.2, -0.15) is 0 Å². The number of aliphatic hydroxyl groups is 1. The Morgan fingerprint density at radius 1 is 1.35 bits per heavy atom. The third-order valence-electron chi connectivity index (χ3n) is 2.75. The van der Waals surface area contributed by atoms with E-state index in [1.807, 2.05) is 26.0 Å². The van der Waals surface area contributed by atoms with Crippen LogP contribution in [-0.4, -0.2) is 28.8 Å². The van der Waals surface area contributed by atoms with E-state index < -0.39 is 5.60 Å². The van der Waals surface area contributed by atoms with Gasteiger partial charge < -0.3 is 15.7 Å². The Bertz CT molecular complexity index is 339. The fourth-order valence-corrected chi connectivity index (χ4v) is 1.31. The van der Waals surface area contributed by atoms with Crippen LogP contribution < -0.4 is 10.6 Å². The number of aromatic nitrogens is 1. The summed E-state index contributed by atoms with van der Waals surface area (Å²) in [5.41, 5.74) is 0.313. The molecule has 3 N–H and O–H groups in total. The maximum Gasteiger partial charge on any atom is 0.127 e. The molecule has 1 rings (SSSR count). The minimum absolute atomic E-state index is 0.542. The fourth-order valence-electron chi connectivity index (χ4n) is 1.31. The molecular formula is C13H23N3O. The molecule has 96 valence electrons. The summed E-state index contributed by atoms with van der Waals surface area (Å²) in [5, 5.41) is 16.4. The highest BCUT2D eigenvalue weighted by molar-refractivity contribution is 5.51. The van der Waals surface area contributed by atoms with Gasteiger partial charge in [0.15, 0.2) is 0 Å². The monoisotopic (exact) mass is 237 g/mol. The average Bonchev–Trinajstić information content (AvgIpc) is 2.35. The van der Waals surface area contributed by atoms with Gasteiger partial charge in [0.05, 0.1) is 5.60 Å². The molecule has 1 unspecified atom stereocenters. The van der Waals surface area contributed by atoms with Crippen molar-refractivity contribution in [2.75, 3.05) is 23.7 Å². The number of hydrogen-bond donors (Lipinski definition) is 3. The molecule has 0 radical (unpaired) electrons. The molecule has 17 heavy (non-hydrogen) atoms. The van der Waals surface area contributed by atoms with Gasteiger partial charge in [0, 0.05) is 31.0 Å². The predicted octanol–water partition coefficient (Wildman–Crippen LogP) is 2.48. The zero-order valence-electron chi connectivity index (χ0n) is 11.0. The summed E-state index contributed by atoms with van der Waals surface area (Å²) >= 11 is 0. The molecule has 0 aromatic carbocycles. The number of rotatable bonds is 7. The Balaban J connectivity index is 2.53. The van der Waals surface area contributed by atoms with Gasteiger partial charge in [0.25, 0.3) is 0 Å². The lowest BCUT2D eigenvalue weighted by Crippen LogP contribution is -2.32. The van der Waals surface area contributed by atoms with Crippen LogP contribution in [0.15, 0.2) is 18.3 Å². The van der Waals surface area contributed by atoms with Crippen molar-refractivity contribution in [1.82, 2.24) is 4.98 Å². The Kier molecular flexibility index (Phi) is 5.22. The first-order valence-electron chi connectivity index (χ1n) is 6.23. The number of anilines is 2. The van der Waals surface area contributed by atoms with E-state index in [9.17, 15) is 5.11 Å². The molecule has 1 heterocycles. The number of nitrogens with zero attached hydrogens (tertiary/aromatic N) is 1. The second-order valence-corrected chi connectivity index (χ2v) is 4.56. The second kappa shape index (κ2) is 6.45. The lowest BCUT2D eigenvalue weighted by atomic mass is 10.0. The molecule has 0 aliphatic rings. The van der Waals surface area contributed by atoms with Gasteiger partial charge in [-0.25, -0.2) is 4.98 Å². The van der Waals surface area contributed by atoms with Crippen molar-refractivity contribution in [3.63, 3.8) is 0 Å². The van der Waals surface area contributed by atoms with Gasteiger partial charge in [-0.1, -0.05) is 13.8 Å². The average molecular weight is 237 g/mol. The zero-order valence-corrected chi connectivity index (χ0v) is 11.0. The Morgan fingerprint density at radius 3 is 2.76 bits per heavy atom. The lowest BCUT2D eigenvalue weighted by molar-refractivity contribution is 0.0697. The first kappa shape index (κ1) is 13.8. The first-order valence-corrected chi connectivity index (χ1v) is 6.23. The van der Waals surface area contributed by atoms with Gasteiger partial charge in [-0.3, -0.25) is 0 Å². The van der Waals surface area contributed by atoms with Crippen molar-refractivity contribution < 1.29 is 5.11 Å². The molecule has 4 nitrogen and oxygen atoms in total. The smallest absolute Gasteiger partial charge is 0.127 e. The molecule has 0 spiro atoms. The lowest BCUT2D eigenvalue weighted by Gasteiger charge is -2.22. The van der Waals surface area contributed by atoms with Crippen molar-refractivity contribution in [3.05, 3.63) is 18.3 Å². The van der Waals surface area contributed by atoms with Crippen LogP contribution in [0.25, 0.3) is 0 Å². The van der Waals surface area contributed by atoms with E-state index in [0.717, 1.165) is 30.9 Å². The summed E-state index contributed by atoms with van der Waals surface area (Å²) in [6.45, 7) is 7.39. The molecule has 0 fully saturated rings. The quantitative estimate of drug-likeness (QED) is 0.682. The minimum Gasteiger partial charge on any atom is -0.388 e. The minimum atomic E-state index is -0.666. The Morgan fingerprint density at radius 2 is 2.12 bits per heavy atom. The molecule has 0 bridgehead atoms. The Hall–Kier alpha value is -1.29. The van der Waals surface area contributed by atoms with Gasteiger partial charge in [0.1, 0.15) is 5.82 Å². The fraction of sp³-hybridized carbons (Fsp3) is 0.615. The second-order valence-electron chi connectivity index (χ2n) is 4.56. The standard InChI is InChI=1S/C13H23N3O/c1-4-7-14-12-9-11(6-8-15-12)16-10-13(3,17)5-2/h6,8-9,17H,4-5,7,10H2,1-3H3,(H2,14,15,16). The molecule has 0 saturated carbocycles. The van der Waals surface area contributed by atoms with Crippen LogP contribution >= 0.6 is 0 Å². The van der Waals surface area contributed by atoms with E-state index in [4.69, 9.17) is 0 Å².